The van der Waals surface area contributed by atoms with Gasteiger partial charge in [-0.3, -0.25) is 4.48 Å². The third kappa shape index (κ3) is 16.7. The molecule has 0 rings (SSSR count). The van der Waals surface area contributed by atoms with Crippen LogP contribution in [-0.4, -0.2) is 63.9 Å². The average Bonchev–Trinajstić information content (AvgIpc) is 2.60. The first-order chi connectivity index (χ1) is 13.8. The number of carboxylic acids is 3. The van der Waals surface area contributed by atoms with Gasteiger partial charge in [-0.15, -0.1) is 0 Å². The van der Waals surface area contributed by atoms with Crippen molar-refractivity contribution >= 4 is 17.9 Å². The second-order valence-corrected chi connectivity index (χ2v) is 7.92. The average molecular weight is 415 g/mol. The molecule has 0 aromatic carbocycles. The minimum absolute atomic E-state index is 0.261. The fourth-order valence-corrected chi connectivity index (χ4v) is 3.67. The smallest absolute Gasteiger partial charge is 0.359 e. The summed E-state index contributed by atoms with van der Waals surface area (Å²) in [5.41, 5.74) is 0. The van der Waals surface area contributed by atoms with Crippen LogP contribution in [0.4, 0.5) is 0 Å². The van der Waals surface area contributed by atoms with Crippen LogP contribution in [0.3, 0.4) is 0 Å². The molecule has 0 aliphatic heterocycles. The van der Waals surface area contributed by atoms with Crippen molar-refractivity contribution < 1.29 is 34.2 Å². The van der Waals surface area contributed by atoms with E-state index in [0.29, 0.717) is 6.42 Å². The van der Waals surface area contributed by atoms with Gasteiger partial charge in [0.15, 0.2) is 19.6 Å². The predicted octanol–water partition coefficient (Wildman–Crippen LogP) is 4.31. The Hall–Kier alpha value is -1.89. The maximum Gasteiger partial charge on any atom is 0.359 e. The van der Waals surface area contributed by atoms with Gasteiger partial charge in [-0.2, -0.15) is 0 Å². The number of nitrogens with zero attached hydrogens (tertiary/aromatic N) is 1. The number of hydrogen-bond acceptors (Lipinski definition) is 3. The molecule has 0 aliphatic carbocycles. The molecule has 0 unspecified atom stereocenters. The molecule has 29 heavy (non-hydrogen) atoms. The van der Waals surface area contributed by atoms with E-state index < -0.39 is 42.0 Å². The van der Waals surface area contributed by atoms with Crippen LogP contribution in [0.25, 0.3) is 0 Å². The van der Waals surface area contributed by atoms with Crippen molar-refractivity contribution in [1.82, 2.24) is 0 Å². The van der Waals surface area contributed by atoms with Crippen molar-refractivity contribution in [1.29, 1.82) is 0 Å². The highest BCUT2D eigenvalue weighted by atomic mass is 16.4. The molecule has 0 radical (unpaired) electrons. The fourth-order valence-electron chi connectivity index (χ4n) is 3.67. The van der Waals surface area contributed by atoms with Gasteiger partial charge in [0.25, 0.3) is 0 Å². The number of aliphatic carboxylic acids is 3. The van der Waals surface area contributed by atoms with Crippen LogP contribution in [0.5, 0.6) is 0 Å². The quantitative estimate of drug-likeness (QED) is 0.155. The molecular formula is C22H40NO6+. The van der Waals surface area contributed by atoms with Gasteiger partial charge in [0.2, 0.25) is 0 Å². The van der Waals surface area contributed by atoms with E-state index in [-0.39, 0.29) is 6.54 Å². The van der Waals surface area contributed by atoms with E-state index in [2.05, 4.69) is 19.1 Å². The van der Waals surface area contributed by atoms with Gasteiger partial charge in [0, 0.05) is 0 Å². The summed E-state index contributed by atoms with van der Waals surface area (Å²) in [6.07, 6.45) is 17.9. The Morgan fingerprint density at radius 3 is 1.38 bits per heavy atom. The maximum atomic E-state index is 11.1. The van der Waals surface area contributed by atoms with E-state index in [1.165, 1.54) is 44.9 Å². The second kappa shape index (κ2) is 17.0. The Labute approximate surface area is 175 Å². The molecule has 0 fully saturated rings. The van der Waals surface area contributed by atoms with Gasteiger partial charge < -0.3 is 15.3 Å². The van der Waals surface area contributed by atoms with Crippen molar-refractivity contribution in [2.24, 2.45) is 0 Å². The van der Waals surface area contributed by atoms with Crippen molar-refractivity contribution in [3.63, 3.8) is 0 Å². The number of quaternary nitrogens is 1. The van der Waals surface area contributed by atoms with E-state index in [1.54, 1.807) is 0 Å². The van der Waals surface area contributed by atoms with Crippen LogP contribution in [0.1, 0.15) is 84.0 Å². The fraction of sp³-hybridized carbons (Fsp3) is 0.773. The lowest BCUT2D eigenvalue weighted by molar-refractivity contribution is -0.907. The van der Waals surface area contributed by atoms with E-state index in [0.717, 1.165) is 25.7 Å². The first kappa shape index (κ1) is 27.1. The van der Waals surface area contributed by atoms with Crippen LogP contribution in [0, 0.1) is 0 Å². The zero-order valence-corrected chi connectivity index (χ0v) is 18.0. The van der Waals surface area contributed by atoms with Crippen LogP contribution in [0.15, 0.2) is 12.2 Å². The molecular weight excluding hydrogens is 374 g/mol. The van der Waals surface area contributed by atoms with E-state index in [9.17, 15) is 14.4 Å². The first-order valence-corrected chi connectivity index (χ1v) is 11.0. The van der Waals surface area contributed by atoms with Crippen LogP contribution in [-0.2, 0) is 14.4 Å². The normalized spacial score (nSPS) is 11.8. The van der Waals surface area contributed by atoms with Gasteiger partial charge >= 0.3 is 17.9 Å². The molecule has 0 spiro atoms. The summed E-state index contributed by atoms with van der Waals surface area (Å²) in [6.45, 7) is 0.970. The zero-order valence-electron chi connectivity index (χ0n) is 18.0. The summed E-state index contributed by atoms with van der Waals surface area (Å²) >= 11 is 0. The molecule has 168 valence electrons. The largest absolute Gasteiger partial charge is 0.477 e. The second-order valence-electron chi connectivity index (χ2n) is 7.92. The van der Waals surface area contributed by atoms with Gasteiger partial charge in [0.05, 0.1) is 6.54 Å². The summed E-state index contributed by atoms with van der Waals surface area (Å²) in [6, 6.07) is 0. The van der Waals surface area contributed by atoms with Gasteiger partial charge in [0.1, 0.15) is 0 Å². The molecule has 7 nitrogen and oxygen atoms in total. The van der Waals surface area contributed by atoms with Gasteiger partial charge in [-0.1, -0.05) is 64.0 Å². The number of hydrogen-bond donors (Lipinski definition) is 3. The highest BCUT2D eigenvalue weighted by Crippen LogP contribution is 2.14. The molecule has 0 atom stereocenters. The Morgan fingerprint density at radius 1 is 0.621 bits per heavy atom. The lowest BCUT2D eigenvalue weighted by Crippen LogP contribution is -2.57. The lowest BCUT2D eigenvalue weighted by atomic mass is 10.1. The van der Waals surface area contributed by atoms with Crippen LogP contribution >= 0.6 is 0 Å². The number of allylic oxidation sites excluding steroid dienone is 2. The summed E-state index contributed by atoms with van der Waals surface area (Å²) in [7, 11) is 0. The highest BCUT2D eigenvalue weighted by Gasteiger charge is 2.35. The predicted molar refractivity (Wildman–Crippen MR) is 113 cm³/mol. The summed E-state index contributed by atoms with van der Waals surface area (Å²) in [5.74, 6) is -3.52. The maximum absolute atomic E-state index is 11.1. The molecule has 0 saturated carbocycles. The lowest BCUT2D eigenvalue weighted by Gasteiger charge is -2.34. The van der Waals surface area contributed by atoms with Gasteiger partial charge in [-0.05, 0) is 32.1 Å². The molecule has 0 bridgehead atoms. The Kier molecular flexibility index (Phi) is 15.9. The number of unbranched alkanes of at least 4 members (excludes halogenated alkanes) is 10. The molecule has 3 N–H and O–H groups in total. The molecule has 0 aromatic heterocycles. The highest BCUT2D eigenvalue weighted by molar-refractivity contribution is 5.73. The SMILES string of the molecule is CC/C=C/CCCCCCCCCCCC[N+](CC(=O)O)(CC(=O)O)CC(=O)O. The summed E-state index contributed by atoms with van der Waals surface area (Å²) in [4.78, 5) is 33.4. The van der Waals surface area contributed by atoms with Crippen LogP contribution < -0.4 is 0 Å². The number of rotatable bonds is 20. The van der Waals surface area contributed by atoms with E-state index in [1.807, 2.05) is 0 Å². The monoisotopic (exact) mass is 414 g/mol. The Morgan fingerprint density at radius 2 is 1.00 bits per heavy atom. The Balaban J connectivity index is 3.97. The van der Waals surface area contributed by atoms with E-state index in [4.69, 9.17) is 15.3 Å². The van der Waals surface area contributed by atoms with Crippen molar-refractivity contribution in [2.75, 3.05) is 26.2 Å². The van der Waals surface area contributed by atoms with Crippen molar-refractivity contribution in [2.45, 2.75) is 84.0 Å². The molecule has 0 aromatic rings. The number of carbonyl (C=O) groups is 3. The third-order valence-electron chi connectivity index (χ3n) is 5.07. The standard InChI is InChI=1S/C22H39NO6/c1-2-3-4-5-6-7-8-9-10-11-12-13-14-15-16-23(17-20(24)25,18-21(26)27)19-22(28)29/h3-4H,2,5-19H2,1H3,(H2-,24,25,26,27,28,29)/p+1/b4-3+. The molecule has 0 amide bonds. The van der Waals surface area contributed by atoms with Crippen molar-refractivity contribution in [3.05, 3.63) is 12.2 Å². The summed E-state index contributed by atoms with van der Waals surface area (Å²) in [5, 5.41) is 27.3. The molecule has 7 heteroatoms. The van der Waals surface area contributed by atoms with E-state index >= 15 is 0 Å². The van der Waals surface area contributed by atoms with Gasteiger partial charge in [-0.25, -0.2) is 14.4 Å². The minimum atomic E-state index is -1.17. The van der Waals surface area contributed by atoms with Crippen molar-refractivity contribution in [3.8, 4) is 0 Å². The topological polar surface area (TPSA) is 112 Å². The van der Waals surface area contributed by atoms with Crippen LogP contribution in [0.2, 0.25) is 0 Å². The molecule has 0 aliphatic rings. The molecule has 0 saturated heterocycles. The Bertz CT molecular complexity index is 463. The summed E-state index contributed by atoms with van der Waals surface area (Å²) < 4.78 is -0.437. The zero-order chi connectivity index (χ0) is 22.0. The first-order valence-electron chi connectivity index (χ1n) is 11.0. The minimum Gasteiger partial charge on any atom is -0.477 e. The number of carboxylic acid groups (broad SMARTS) is 3. The third-order valence-corrected chi connectivity index (χ3v) is 5.07. The molecule has 0 heterocycles.